The first kappa shape index (κ1) is 21.5. The second-order valence-corrected chi connectivity index (χ2v) is 10.6. The molecule has 0 aliphatic carbocycles. The van der Waals surface area contributed by atoms with Crippen LogP contribution in [0.5, 0.6) is 0 Å². The Morgan fingerprint density at radius 3 is 2.61 bits per heavy atom. The van der Waals surface area contributed by atoms with Crippen molar-refractivity contribution in [2.24, 2.45) is 0 Å². The number of fused-ring (bicyclic) bond motifs is 1. The summed E-state index contributed by atoms with van der Waals surface area (Å²) < 4.78 is 29.5. The lowest BCUT2D eigenvalue weighted by molar-refractivity contribution is 0.601. The van der Waals surface area contributed by atoms with Gasteiger partial charge in [-0.05, 0) is 37.6 Å². The molecule has 2 aromatic heterocycles. The number of aromatic nitrogens is 3. The van der Waals surface area contributed by atoms with E-state index in [4.69, 9.17) is 0 Å². The van der Waals surface area contributed by atoms with Crippen molar-refractivity contribution in [1.82, 2.24) is 14.6 Å². The zero-order valence-corrected chi connectivity index (χ0v) is 19.4. The normalized spacial score (nSPS) is 11.7. The van der Waals surface area contributed by atoms with E-state index in [9.17, 15) is 13.2 Å². The van der Waals surface area contributed by atoms with Gasteiger partial charge in [0.2, 0.25) is 4.96 Å². The topological polar surface area (TPSA) is 93.4 Å². The lowest BCUT2D eigenvalue weighted by atomic mass is 10.2. The van der Waals surface area contributed by atoms with Crippen molar-refractivity contribution in [2.45, 2.75) is 35.8 Å². The zero-order chi connectivity index (χ0) is 22.0. The molecular formula is C21H20N4O3S3. The van der Waals surface area contributed by atoms with Gasteiger partial charge in [-0.2, -0.15) is 9.61 Å². The van der Waals surface area contributed by atoms with Crippen LogP contribution in [-0.4, -0.2) is 23.0 Å². The first-order valence-corrected chi connectivity index (χ1v) is 12.8. The highest BCUT2D eigenvalue weighted by molar-refractivity contribution is 7.98. The number of nitrogens with zero attached hydrogens (tertiary/aromatic N) is 3. The number of para-hydroxylation sites is 1. The maximum absolute atomic E-state index is 12.8. The number of hydrogen-bond acceptors (Lipinski definition) is 7. The van der Waals surface area contributed by atoms with Gasteiger partial charge in [-0.3, -0.25) is 9.52 Å². The smallest absolute Gasteiger partial charge is 0.275 e. The second kappa shape index (κ2) is 8.81. The van der Waals surface area contributed by atoms with E-state index in [0.717, 1.165) is 21.9 Å². The molecule has 4 aromatic rings. The third-order valence-corrected chi connectivity index (χ3v) is 8.02. The Bertz CT molecular complexity index is 1390. The van der Waals surface area contributed by atoms with Crippen molar-refractivity contribution in [3.8, 4) is 0 Å². The van der Waals surface area contributed by atoms with Crippen LogP contribution in [0.15, 0.2) is 69.2 Å². The van der Waals surface area contributed by atoms with Crippen LogP contribution in [0.25, 0.3) is 4.96 Å². The van der Waals surface area contributed by atoms with Gasteiger partial charge in [0.1, 0.15) is 5.01 Å². The molecule has 2 aromatic carbocycles. The van der Waals surface area contributed by atoms with Gasteiger partial charge in [0.15, 0.2) is 0 Å². The van der Waals surface area contributed by atoms with Crippen molar-refractivity contribution < 1.29 is 8.42 Å². The summed E-state index contributed by atoms with van der Waals surface area (Å²) in [6, 6.07) is 15.3. The van der Waals surface area contributed by atoms with E-state index in [1.54, 1.807) is 36.4 Å². The highest BCUT2D eigenvalue weighted by Gasteiger charge is 2.16. The summed E-state index contributed by atoms with van der Waals surface area (Å²) in [6.07, 6.45) is 0.742. The summed E-state index contributed by atoms with van der Waals surface area (Å²) >= 11 is 2.81. The molecule has 4 rings (SSSR count). The first-order chi connectivity index (χ1) is 14.9. The number of nitrogens with one attached hydrogen (secondary N) is 1. The zero-order valence-electron chi connectivity index (χ0n) is 16.9. The largest absolute Gasteiger partial charge is 0.278 e. The molecule has 0 aliphatic heterocycles. The van der Waals surface area contributed by atoms with Crippen molar-refractivity contribution in [1.29, 1.82) is 0 Å². The Kier molecular flexibility index (Phi) is 6.12. The Hall–Kier alpha value is -2.69. The van der Waals surface area contributed by atoms with E-state index in [-0.39, 0.29) is 10.5 Å². The SMILES string of the molecule is CCc1nn2c(=O)cc(CSc3ccccc3NS(=O)(=O)c3ccc(C)cc3)nc2s1. The van der Waals surface area contributed by atoms with Crippen molar-refractivity contribution in [3.05, 3.63) is 81.2 Å². The van der Waals surface area contributed by atoms with Gasteiger partial charge in [-0.1, -0.05) is 48.1 Å². The number of benzene rings is 2. The summed E-state index contributed by atoms with van der Waals surface area (Å²) in [7, 11) is -3.71. The minimum absolute atomic E-state index is 0.204. The van der Waals surface area contributed by atoms with Crippen LogP contribution in [0.4, 0.5) is 5.69 Å². The van der Waals surface area contributed by atoms with Crippen LogP contribution in [0.1, 0.15) is 23.2 Å². The van der Waals surface area contributed by atoms with Crippen LogP contribution < -0.4 is 10.3 Å². The highest BCUT2D eigenvalue weighted by Crippen LogP contribution is 2.31. The molecule has 0 fully saturated rings. The summed E-state index contributed by atoms with van der Waals surface area (Å²) in [5.41, 5.74) is 1.88. The van der Waals surface area contributed by atoms with E-state index in [1.807, 2.05) is 26.0 Å². The van der Waals surface area contributed by atoms with Gasteiger partial charge in [0.25, 0.3) is 15.6 Å². The molecule has 0 unspecified atom stereocenters. The summed E-state index contributed by atoms with van der Waals surface area (Å²) in [4.78, 5) is 18.4. The van der Waals surface area contributed by atoms with Gasteiger partial charge < -0.3 is 0 Å². The van der Waals surface area contributed by atoms with Crippen LogP contribution >= 0.6 is 23.1 Å². The minimum Gasteiger partial charge on any atom is -0.278 e. The molecule has 2 heterocycles. The molecule has 7 nitrogen and oxygen atoms in total. The fourth-order valence-corrected chi connectivity index (χ4v) is 5.77. The van der Waals surface area contributed by atoms with Gasteiger partial charge in [-0.15, -0.1) is 11.8 Å². The van der Waals surface area contributed by atoms with E-state index in [0.29, 0.717) is 22.1 Å². The molecule has 0 atom stereocenters. The number of rotatable bonds is 7. The minimum atomic E-state index is -3.71. The van der Waals surface area contributed by atoms with Crippen molar-refractivity contribution >= 4 is 43.8 Å². The molecule has 0 amide bonds. The fraction of sp³-hybridized carbons (Fsp3) is 0.190. The Labute approximate surface area is 188 Å². The Morgan fingerprint density at radius 1 is 1.13 bits per heavy atom. The van der Waals surface area contributed by atoms with Gasteiger partial charge in [-0.25, -0.2) is 13.4 Å². The fourth-order valence-electron chi connectivity index (χ4n) is 2.86. The molecular weight excluding hydrogens is 452 g/mol. The van der Waals surface area contributed by atoms with Crippen LogP contribution in [0.2, 0.25) is 0 Å². The maximum atomic E-state index is 12.8. The average molecular weight is 473 g/mol. The van der Waals surface area contributed by atoms with Gasteiger partial charge in [0, 0.05) is 16.7 Å². The van der Waals surface area contributed by atoms with Crippen LogP contribution in [0, 0.1) is 6.92 Å². The monoisotopic (exact) mass is 472 g/mol. The van der Waals surface area contributed by atoms with Gasteiger partial charge >= 0.3 is 0 Å². The summed E-state index contributed by atoms with van der Waals surface area (Å²) in [5.74, 6) is 0.425. The molecule has 0 saturated carbocycles. The first-order valence-electron chi connectivity index (χ1n) is 9.56. The predicted molar refractivity (Wildman–Crippen MR) is 125 cm³/mol. The molecule has 10 heteroatoms. The lowest BCUT2D eigenvalue weighted by Gasteiger charge is -2.12. The molecule has 0 radical (unpaired) electrons. The number of thioether (sulfide) groups is 1. The molecule has 0 aliphatic rings. The van der Waals surface area contributed by atoms with Crippen molar-refractivity contribution in [2.75, 3.05) is 4.72 Å². The Balaban J connectivity index is 1.56. The summed E-state index contributed by atoms with van der Waals surface area (Å²) in [6.45, 7) is 3.89. The number of sulfonamides is 1. The van der Waals surface area contributed by atoms with Crippen LogP contribution in [-0.2, 0) is 22.2 Å². The predicted octanol–water partition coefficient (Wildman–Crippen LogP) is 4.11. The third kappa shape index (κ3) is 4.81. The highest BCUT2D eigenvalue weighted by atomic mass is 32.2. The third-order valence-electron chi connectivity index (χ3n) is 4.48. The molecule has 31 heavy (non-hydrogen) atoms. The van der Waals surface area contributed by atoms with Crippen LogP contribution in [0.3, 0.4) is 0 Å². The Morgan fingerprint density at radius 2 is 1.87 bits per heavy atom. The average Bonchev–Trinajstić information content (AvgIpc) is 3.17. The van der Waals surface area contributed by atoms with Crippen molar-refractivity contribution in [3.63, 3.8) is 0 Å². The van der Waals surface area contributed by atoms with E-state index in [2.05, 4.69) is 14.8 Å². The number of aryl methyl sites for hydroxylation is 2. The number of hydrogen-bond donors (Lipinski definition) is 1. The lowest BCUT2D eigenvalue weighted by Crippen LogP contribution is -2.15. The van der Waals surface area contributed by atoms with E-state index in [1.165, 1.54) is 33.7 Å². The quantitative estimate of drug-likeness (QED) is 0.407. The standard InChI is InChI=1S/C21H20N4O3S3/c1-3-19-23-25-20(26)12-15(22-21(25)30-19)13-29-18-7-5-4-6-17(18)24-31(27,28)16-10-8-14(2)9-11-16/h4-12,24H,3,13H2,1-2H3. The van der Waals surface area contributed by atoms with E-state index >= 15 is 0 Å². The molecule has 0 bridgehead atoms. The molecule has 160 valence electrons. The molecule has 0 spiro atoms. The van der Waals surface area contributed by atoms with E-state index < -0.39 is 10.0 Å². The number of anilines is 1. The second-order valence-electron chi connectivity index (χ2n) is 6.83. The molecule has 1 N–H and O–H groups in total. The molecule has 0 saturated heterocycles. The van der Waals surface area contributed by atoms with Gasteiger partial charge in [0.05, 0.1) is 16.3 Å². The summed E-state index contributed by atoms with van der Waals surface area (Å²) in [5, 5.41) is 5.11. The maximum Gasteiger partial charge on any atom is 0.275 e.